The number of hydrogen-bond donors (Lipinski definition) is 0. The van der Waals surface area contributed by atoms with Crippen molar-refractivity contribution < 1.29 is 8.78 Å². The highest BCUT2D eigenvalue weighted by Crippen LogP contribution is 2.32. The van der Waals surface area contributed by atoms with Crippen molar-refractivity contribution in [2.24, 2.45) is 0 Å². The van der Waals surface area contributed by atoms with Gasteiger partial charge in [0.25, 0.3) is 0 Å². The fourth-order valence-corrected chi connectivity index (χ4v) is 3.04. The maximum atomic E-state index is 14.2. The van der Waals surface area contributed by atoms with Crippen LogP contribution in [0.3, 0.4) is 0 Å². The largest absolute Gasteiger partial charge is 0.256 e. The fraction of sp³-hybridized carbons (Fsp3) is 0.276. The number of pyridine rings is 1. The van der Waals surface area contributed by atoms with Crippen molar-refractivity contribution in [1.29, 1.82) is 0 Å². The molecule has 0 aliphatic rings. The standard InChI is InChI=1S/C17H18FN.C10H13F.C2H4/c1-12(2)13-7-9-14(10-8-13)16-15(17(3,4)18)6-5-11-19-16;1-8-5-4-6-9(7-8)10(2,3)11;1-2/h5-11H,1H2,2-4H3;4-7H,1-3H3;1-2H2. The number of halogens is 2. The van der Waals surface area contributed by atoms with Gasteiger partial charge in [-0.3, -0.25) is 4.98 Å². The van der Waals surface area contributed by atoms with Gasteiger partial charge in [-0.25, -0.2) is 8.78 Å². The van der Waals surface area contributed by atoms with Crippen LogP contribution in [-0.4, -0.2) is 4.98 Å². The van der Waals surface area contributed by atoms with E-state index in [1.165, 1.54) is 0 Å². The number of benzene rings is 2. The predicted octanol–water partition coefficient (Wildman–Crippen LogP) is 8.99. The van der Waals surface area contributed by atoms with Gasteiger partial charge in [0.2, 0.25) is 0 Å². The molecule has 2 aromatic carbocycles. The summed E-state index contributed by atoms with van der Waals surface area (Å²) in [6.45, 7) is 20.1. The van der Waals surface area contributed by atoms with E-state index in [1.807, 2.05) is 62.4 Å². The van der Waals surface area contributed by atoms with Gasteiger partial charge in [-0.2, -0.15) is 0 Å². The Morgan fingerprint density at radius 1 is 0.844 bits per heavy atom. The molecule has 0 saturated carbocycles. The number of rotatable bonds is 4. The van der Waals surface area contributed by atoms with Crippen LogP contribution in [0.4, 0.5) is 8.78 Å². The summed E-state index contributed by atoms with van der Waals surface area (Å²) in [5.41, 5.74) is 3.56. The lowest BCUT2D eigenvalue weighted by atomic mass is 9.94. The second-order valence-corrected chi connectivity index (χ2v) is 8.57. The molecule has 170 valence electrons. The number of nitrogens with zero attached hydrogens (tertiary/aromatic N) is 1. The van der Waals surface area contributed by atoms with Crippen molar-refractivity contribution >= 4 is 5.57 Å². The maximum absolute atomic E-state index is 14.2. The number of allylic oxidation sites excluding steroid dienone is 1. The average Bonchev–Trinajstić information content (AvgIpc) is 2.74. The third-order valence-corrected chi connectivity index (χ3v) is 4.80. The molecule has 32 heavy (non-hydrogen) atoms. The fourth-order valence-electron chi connectivity index (χ4n) is 3.04. The maximum Gasteiger partial charge on any atom is 0.132 e. The molecule has 0 spiro atoms. The van der Waals surface area contributed by atoms with E-state index in [-0.39, 0.29) is 0 Å². The monoisotopic (exact) mass is 435 g/mol. The van der Waals surface area contributed by atoms with E-state index in [4.69, 9.17) is 0 Å². The Kier molecular flexibility index (Phi) is 9.71. The number of hydrogen-bond acceptors (Lipinski definition) is 1. The molecular formula is C29H35F2N. The van der Waals surface area contributed by atoms with Crippen molar-refractivity contribution in [3.63, 3.8) is 0 Å². The van der Waals surface area contributed by atoms with Crippen LogP contribution in [0.15, 0.2) is 86.6 Å². The first-order valence-corrected chi connectivity index (χ1v) is 10.6. The van der Waals surface area contributed by atoms with Gasteiger partial charge in [-0.1, -0.05) is 72.3 Å². The third kappa shape index (κ3) is 7.88. The van der Waals surface area contributed by atoms with Crippen LogP contribution in [0.2, 0.25) is 0 Å². The molecule has 0 bridgehead atoms. The Morgan fingerprint density at radius 2 is 1.44 bits per heavy atom. The van der Waals surface area contributed by atoms with Gasteiger partial charge < -0.3 is 0 Å². The first-order valence-electron chi connectivity index (χ1n) is 10.6. The summed E-state index contributed by atoms with van der Waals surface area (Å²) in [5, 5.41) is 0. The van der Waals surface area contributed by atoms with Crippen molar-refractivity contribution in [2.45, 2.75) is 52.9 Å². The lowest BCUT2D eigenvalue weighted by Crippen LogP contribution is -2.11. The van der Waals surface area contributed by atoms with E-state index in [2.05, 4.69) is 24.7 Å². The summed E-state index contributed by atoms with van der Waals surface area (Å²) >= 11 is 0. The zero-order valence-electron chi connectivity index (χ0n) is 20.2. The SMILES string of the molecule is C=C.C=C(C)c1ccc(-c2ncccc2C(C)(C)F)cc1.Cc1cccc(C(C)(C)F)c1. The molecular weight excluding hydrogens is 400 g/mol. The van der Waals surface area contributed by atoms with Crippen LogP contribution in [0, 0.1) is 6.92 Å². The minimum Gasteiger partial charge on any atom is -0.256 e. The summed E-state index contributed by atoms with van der Waals surface area (Å²) in [5.74, 6) is 0. The molecule has 0 atom stereocenters. The number of aromatic nitrogens is 1. The van der Waals surface area contributed by atoms with Gasteiger partial charge in [0.1, 0.15) is 11.3 Å². The van der Waals surface area contributed by atoms with Crippen molar-refractivity contribution in [1.82, 2.24) is 4.98 Å². The Bertz CT molecular complexity index is 1010. The molecule has 0 amide bonds. The quantitative estimate of drug-likeness (QED) is 0.373. The normalized spacial score (nSPS) is 10.9. The zero-order chi connectivity index (χ0) is 24.5. The molecule has 0 fully saturated rings. The van der Waals surface area contributed by atoms with Gasteiger partial charge in [-0.15, -0.1) is 13.2 Å². The molecule has 3 rings (SSSR count). The summed E-state index contributed by atoms with van der Waals surface area (Å²) in [7, 11) is 0. The van der Waals surface area contributed by atoms with Gasteiger partial charge in [0.15, 0.2) is 0 Å². The molecule has 3 aromatic rings. The second kappa shape index (κ2) is 11.5. The highest BCUT2D eigenvalue weighted by Gasteiger charge is 2.23. The van der Waals surface area contributed by atoms with Gasteiger partial charge in [-0.05, 0) is 58.7 Å². The smallest absolute Gasteiger partial charge is 0.132 e. The Hall–Kier alpha value is -3.07. The minimum absolute atomic E-state index is 0.609. The van der Waals surface area contributed by atoms with Crippen molar-refractivity contribution in [3.8, 4) is 11.3 Å². The van der Waals surface area contributed by atoms with Crippen LogP contribution < -0.4 is 0 Å². The number of alkyl halides is 2. The lowest BCUT2D eigenvalue weighted by molar-refractivity contribution is 0.221. The van der Waals surface area contributed by atoms with Crippen LogP contribution in [0.25, 0.3) is 16.8 Å². The highest BCUT2D eigenvalue weighted by molar-refractivity contribution is 5.68. The Balaban J connectivity index is 0.000000335. The van der Waals surface area contributed by atoms with Gasteiger partial charge in [0, 0.05) is 17.3 Å². The summed E-state index contributed by atoms with van der Waals surface area (Å²) < 4.78 is 27.5. The summed E-state index contributed by atoms with van der Waals surface area (Å²) in [6.07, 6.45) is 1.69. The van der Waals surface area contributed by atoms with Crippen molar-refractivity contribution in [2.75, 3.05) is 0 Å². The van der Waals surface area contributed by atoms with E-state index in [0.29, 0.717) is 11.3 Å². The van der Waals surface area contributed by atoms with E-state index in [1.54, 1.807) is 46.0 Å². The van der Waals surface area contributed by atoms with Crippen LogP contribution >= 0.6 is 0 Å². The summed E-state index contributed by atoms with van der Waals surface area (Å²) in [6, 6.07) is 19.0. The Morgan fingerprint density at radius 3 is 1.88 bits per heavy atom. The zero-order valence-corrected chi connectivity index (χ0v) is 20.2. The van der Waals surface area contributed by atoms with E-state index < -0.39 is 11.3 Å². The molecule has 0 radical (unpaired) electrons. The van der Waals surface area contributed by atoms with E-state index in [0.717, 1.165) is 27.8 Å². The second-order valence-electron chi connectivity index (χ2n) is 8.57. The molecule has 0 N–H and O–H groups in total. The topological polar surface area (TPSA) is 12.9 Å². The van der Waals surface area contributed by atoms with Crippen LogP contribution in [0.1, 0.15) is 56.9 Å². The molecule has 3 heteroatoms. The predicted molar refractivity (Wildman–Crippen MR) is 135 cm³/mol. The van der Waals surface area contributed by atoms with E-state index >= 15 is 0 Å². The Labute approximate surface area is 192 Å². The van der Waals surface area contributed by atoms with Gasteiger partial charge in [0.05, 0.1) is 5.69 Å². The molecule has 0 aliphatic heterocycles. The molecule has 0 saturated heterocycles. The molecule has 1 aromatic heterocycles. The highest BCUT2D eigenvalue weighted by atomic mass is 19.1. The third-order valence-electron chi connectivity index (χ3n) is 4.80. The van der Waals surface area contributed by atoms with Gasteiger partial charge >= 0.3 is 0 Å². The first-order chi connectivity index (χ1) is 14.9. The molecule has 1 nitrogen and oxygen atoms in total. The summed E-state index contributed by atoms with van der Waals surface area (Å²) in [4.78, 5) is 4.33. The lowest BCUT2D eigenvalue weighted by Gasteiger charge is -2.18. The average molecular weight is 436 g/mol. The molecule has 0 aliphatic carbocycles. The van der Waals surface area contributed by atoms with E-state index in [9.17, 15) is 8.78 Å². The van der Waals surface area contributed by atoms with Crippen LogP contribution in [-0.2, 0) is 11.3 Å². The van der Waals surface area contributed by atoms with Crippen molar-refractivity contribution in [3.05, 3.63) is 109 Å². The first kappa shape index (κ1) is 27.0. The molecule has 0 unspecified atom stereocenters. The number of aryl methyl sites for hydroxylation is 1. The van der Waals surface area contributed by atoms with Crippen LogP contribution in [0.5, 0.6) is 0 Å². The minimum atomic E-state index is -1.41. The molecule has 1 heterocycles.